The van der Waals surface area contributed by atoms with Gasteiger partial charge in [-0.3, -0.25) is 4.79 Å². The van der Waals surface area contributed by atoms with Crippen molar-refractivity contribution in [3.63, 3.8) is 0 Å². The van der Waals surface area contributed by atoms with Crippen LogP contribution in [0.15, 0.2) is 24.7 Å². The highest BCUT2D eigenvalue weighted by molar-refractivity contribution is 5.94. The Labute approximate surface area is 194 Å². The number of hydrogen-bond donors (Lipinski definition) is 2. The number of aromatic amines is 1. The molecule has 2 N–H and O–H groups in total. The van der Waals surface area contributed by atoms with Gasteiger partial charge in [0.25, 0.3) is 0 Å². The summed E-state index contributed by atoms with van der Waals surface area (Å²) in [7, 11) is 0. The largest absolute Gasteiger partial charge is 0.417 e. The lowest BCUT2D eigenvalue weighted by Gasteiger charge is -2.35. The second kappa shape index (κ2) is 9.29. The Balaban J connectivity index is 1.59. The fourth-order valence-corrected chi connectivity index (χ4v) is 4.29. The Hall–Kier alpha value is -3.68. The van der Waals surface area contributed by atoms with Crippen molar-refractivity contribution in [2.24, 2.45) is 5.92 Å². The molecule has 1 saturated heterocycles. The van der Waals surface area contributed by atoms with Gasteiger partial charge in [0.15, 0.2) is 0 Å². The average Bonchev–Trinajstić information content (AvgIpc) is 3.26. The maximum absolute atomic E-state index is 13.2. The van der Waals surface area contributed by atoms with E-state index in [1.807, 2.05) is 24.8 Å². The molecule has 3 aromatic rings. The molecule has 34 heavy (non-hydrogen) atoms. The highest BCUT2D eigenvalue weighted by atomic mass is 19.4. The standard InChI is InChI=1S/C23H24F3N7O/c1-3-19(34)33-6-4-14(5-7-33)13(2)31-22-30-10-15(9-27)20(32-22)18-12-29-21-17(18)8-16(11-28-21)23(24,25)26/h8,10-14H,3-7H2,1-2H3,(H,28,29)(H,30,31,32). The third kappa shape index (κ3) is 4.66. The summed E-state index contributed by atoms with van der Waals surface area (Å²) in [4.78, 5) is 29.2. The molecule has 1 atom stereocenters. The average molecular weight is 471 g/mol. The molecule has 0 saturated carbocycles. The van der Waals surface area contributed by atoms with Gasteiger partial charge in [-0.05, 0) is 31.7 Å². The summed E-state index contributed by atoms with van der Waals surface area (Å²) in [5.74, 6) is 0.735. The number of H-pyrrole nitrogens is 1. The zero-order valence-corrected chi connectivity index (χ0v) is 18.8. The fourth-order valence-electron chi connectivity index (χ4n) is 4.29. The van der Waals surface area contributed by atoms with Gasteiger partial charge >= 0.3 is 6.18 Å². The number of fused-ring (bicyclic) bond motifs is 1. The molecule has 3 aromatic heterocycles. The number of nitrogens with one attached hydrogen (secondary N) is 2. The van der Waals surface area contributed by atoms with Crippen LogP contribution in [-0.4, -0.2) is 49.9 Å². The van der Waals surface area contributed by atoms with Gasteiger partial charge in [-0.25, -0.2) is 15.0 Å². The third-order valence-corrected chi connectivity index (χ3v) is 6.28. The number of alkyl halides is 3. The van der Waals surface area contributed by atoms with Gasteiger partial charge in [-0.1, -0.05) is 6.92 Å². The predicted octanol–water partition coefficient (Wildman–Crippen LogP) is 4.36. The number of piperidine rings is 1. The van der Waals surface area contributed by atoms with E-state index in [0.717, 1.165) is 25.1 Å². The smallest absolute Gasteiger partial charge is 0.351 e. The number of aromatic nitrogens is 4. The number of nitriles is 1. The minimum Gasteiger partial charge on any atom is -0.351 e. The van der Waals surface area contributed by atoms with E-state index in [-0.39, 0.29) is 40.2 Å². The van der Waals surface area contributed by atoms with Crippen LogP contribution in [-0.2, 0) is 11.0 Å². The van der Waals surface area contributed by atoms with Crippen molar-refractivity contribution in [3.05, 3.63) is 35.8 Å². The van der Waals surface area contributed by atoms with E-state index < -0.39 is 11.7 Å². The van der Waals surface area contributed by atoms with Crippen LogP contribution in [0.2, 0.25) is 0 Å². The number of anilines is 1. The summed E-state index contributed by atoms with van der Waals surface area (Å²) >= 11 is 0. The first kappa shape index (κ1) is 23.5. The minimum atomic E-state index is -4.54. The molecule has 0 radical (unpaired) electrons. The summed E-state index contributed by atoms with van der Waals surface area (Å²) in [6.07, 6.45) is 1.26. The number of halogens is 3. The van der Waals surface area contributed by atoms with Crippen LogP contribution in [0.1, 0.15) is 44.2 Å². The third-order valence-electron chi connectivity index (χ3n) is 6.28. The van der Waals surface area contributed by atoms with Crippen molar-refractivity contribution in [1.29, 1.82) is 5.26 Å². The summed E-state index contributed by atoms with van der Waals surface area (Å²) in [5.41, 5.74) is 0.0931. The Bertz CT molecular complexity index is 1240. The Kier molecular flexibility index (Phi) is 6.41. The van der Waals surface area contributed by atoms with E-state index in [4.69, 9.17) is 0 Å². The fraction of sp³-hybridized carbons (Fsp3) is 0.435. The quantitative estimate of drug-likeness (QED) is 0.572. The molecule has 178 valence electrons. The topological polar surface area (TPSA) is 111 Å². The first-order valence-corrected chi connectivity index (χ1v) is 11.1. The van der Waals surface area contributed by atoms with Crippen molar-refractivity contribution in [1.82, 2.24) is 24.8 Å². The molecular formula is C23H24F3N7O. The molecule has 1 unspecified atom stereocenters. The monoisotopic (exact) mass is 471 g/mol. The molecule has 0 spiro atoms. The molecule has 11 heteroatoms. The van der Waals surface area contributed by atoms with Crippen molar-refractivity contribution >= 4 is 22.9 Å². The first-order chi connectivity index (χ1) is 16.2. The van der Waals surface area contributed by atoms with Gasteiger partial charge in [0.05, 0.1) is 23.0 Å². The normalized spacial score (nSPS) is 15.8. The van der Waals surface area contributed by atoms with E-state index in [1.165, 1.54) is 12.4 Å². The maximum atomic E-state index is 13.2. The summed E-state index contributed by atoms with van der Waals surface area (Å²) < 4.78 is 39.6. The molecule has 1 amide bonds. The van der Waals surface area contributed by atoms with Crippen LogP contribution in [0.4, 0.5) is 19.1 Å². The zero-order chi connectivity index (χ0) is 24.5. The Morgan fingerprint density at radius 1 is 1.32 bits per heavy atom. The molecule has 4 rings (SSSR count). The van der Waals surface area contributed by atoms with Gasteiger partial charge in [-0.15, -0.1) is 0 Å². The van der Waals surface area contributed by atoms with Crippen molar-refractivity contribution in [2.45, 2.75) is 45.3 Å². The second-order valence-electron chi connectivity index (χ2n) is 8.39. The lowest BCUT2D eigenvalue weighted by Crippen LogP contribution is -2.42. The number of carbonyl (C=O) groups is 1. The lowest BCUT2D eigenvalue weighted by molar-refractivity contribution is -0.137. The first-order valence-electron chi connectivity index (χ1n) is 11.1. The molecule has 1 aliphatic rings. The summed E-state index contributed by atoms with van der Waals surface area (Å²) in [6.45, 7) is 5.26. The highest BCUT2D eigenvalue weighted by Crippen LogP contribution is 2.35. The number of rotatable bonds is 5. The van der Waals surface area contributed by atoms with Crippen LogP contribution in [0, 0.1) is 17.2 Å². The summed E-state index contributed by atoms with van der Waals surface area (Å²) in [6, 6.07) is 3.01. The zero-order valence-electron chi connectivity index (χ0n) is 18.8. The van der Waals surface area contributed by atoms with Gasteiger partial charge in [0.2, 0.25) is 11.9 Å². The van der Waals surface area contributed by atoms with Crippen LogP contribution in [0.25, 0.3) is 22.3 Å². The number of nitrogens with zero attached hydrogens (tertiary/aromatic N) is 5. The minimum absolute atomic E-state index is 0.00105. The Morgan fingerprint density at radius 2 is 2.06 bits per heavy atom. The molecular weight excluding hydrogens is 447 g/mol. The predicted molar refractivity (Wildman–Crippen MR) is 120 cm³/mol. The highest BCUT2D eigenvalue weighted by Gasteiger charge is 2.32. The van der Waals surface area contributed by atoms with E-state index in [9.17, 15) is 23.2 Å². The van der Waals surface area contributed by atoms with Crippen molar-refractivity contribution in [2.75, 3.05) is 18.4 Å². The molecule has 0 aliphatic carbocycles. The maximum Gasteiger partial charge on any atom is 0.417 e. The van der Waals surface area contributed by atoms with Crippen LogP contribution >= 0.6 is 0 Å². The van der Waals surface area contributed by atoms with E-state index in [0.29, 0.717) is 31.0 Å². The van der Waals surface area contributed by atoms with Crippen LogP contribution in [0.3, 0.4) is 0 Å². The molecule has 1 fully saturated rings. The summed E-state index contributed by atoms with van der Waals surface area (Å²) in [5, 5.41) is 13.0. The van der Waals surface area contributed by atoms with Crippen molar-refractivity contribution < 1.29 is 18.0 Å². The van der Waals surface area contributed by atoms with E-state index in [2.05, 4.69) is 25.3 Å². The molecule has 4 heterocycles. The van der Waals surface area contributed by atoms with Gasteiger partial charge in [0.1, 0.15) is 11.7 Å². The number of hydrogen-bond acceptors (Lipinski definition) is 6. The molecule has 0 aromatic carbocycles. The van der Waals surface area contributed by atoms with Crippen molar-refractivity contribution in [3.8, 4) is 17.3 Å². The van der Waals surface area contributed by atoms with Crippen LogP contribution in [0.5, 0.6) is 0 Å². The number of carbonyl (C=O) groups excluding carboxylic acids is 1. The number of amides is 1. The van der Waals surface area contributed by atoms with Gasteiger partial charge in [-0.2, -0.15) is 18.4 Å². The molecule has 8 nitrogen and oxygen atoms in total. The van der Waals surface area contributed by atoms with Crippen LogP contribution < -0.4 is 5.32 Å². The number of pyridine rings is 1. The molecule has 1 aliphatic heterocycles. The van der Waals surface area contributed by atoms with E-state index in [1.54, 1.807) is 0 Å². The Morgan fingerprint density at radius 3 is 2.71 bits per heavy atom. The second-order valence-corrected chi connectivity index (χ2v) is 8.39. The van der Waals surface area contributed by atoms with Gasteiger partial charge < -0.3 is 15.2 Å². The van der Waals surface area contributed by atoms with Gasteiger partial charge in [0, 0.05) is 48.9 Å². The number of likely N-dealkylation sites (tertiary alicyclic amines) is 1. The van der Waals surface area contributed by atoms with E-state index >= 15 is 0 Å². The SMILES string of the molecule is CCC(=O)N1CCC(C(C)Nc2ncc(C#N)c(-c3c[nH]c4ncc(C(F)(F)F)cc34)n2)CC1. The molecule has 0 bridgehead atoms. The lowest BCUT2D eigenvalue weighted by atomic mass is 9.90.